The van der Waals surface area contributed by atoms with Gasteiger partial charge in [0.2, 0.25) is 0 Å². The highest BCUT2D eigenvalue weighted by Gasteiger charge is 2.03. The van der Waals surface area contributed by atoms with Crippen LogP contribution in [0.3, 0.4) is 0 Å². The Hall–Kier alpha value is -1.64. The molecule has 0 aliphatic rings. The maximum absolute atomic E-state index is 11.9. The summed E-state index contributed by atoms with van der Waals surface area (Å²) in [5.41, 5.74) is 1.25. The molecule has 3 nitrogen and oxygen atoms in total. The number of Topliss-reactive ketones (excluding diaryl/α,β-unsaturated/α-hetero) is 1. The second-order valence-corrected chi connectivity index (χ2v) is 6.43. The number of rotatable bonds is 14. The van der Waals surface area contributed by atoms with Crippen LogP contribution in [0.25, 0.3) is 0 Å². The number of aryl methyl sites for hydroxylation is 1. The first-order chi connectivity index (χ1) is 11.7. The van der Waals surface area contributed by atoms with Gasteiger partial charge < -0.3 is 4.74 Å². The number of esters is 1. The minimum Gasteiger partial charge on any atom is -0.469 e. The minimum atomic E-state index is -0.105. The Labute approximate surface area is 146 Å². The third-order valence-corrected chi connectivity index (χ3v) is 4.35. The van der Waals surface area contributed by atoms with Crippen molar-refractivity contribution in [1.82, 2.24) is 0 Å². The number of hydrogen-bond donors (Lipinski definition) is 0. The monoisotopic (exact) mass is 332 g/mol. The van der Waals surface area contributed by atoms with Gasteiger partial charge in [-0.15, -0.1) is 0 Å². The van der Waals surface area contributed by atoms with E-state index in [9.17, 15) is 9.59 Å². The Bertz CT molecular complexity index is 453. The molecule has 0 amide bonds. The predicted octanol–water partition coefficient (Wildman–Crippen LogP) is 5.26. The van der Waals surface area contributed by atoms with Crippen molar-refractivity contribution >= 4 is 11.8 Å². The zero-order chi connectivity index (χ0) is 17.5. The van der Waals surface area contributed by atoms with Crippen LogP contribution in [-0.2, 0) is 20.7 Å². The van der Waals surface area contributed by atoms with Gasteiger partial charge in [0, 0.05) is 19.3 Å². The molecule has 0 heterocycles. The van der Waals surface area contributed by atoms with Crippen LogP contribution in [0.1, 0.15) is 76.2 Å². The fraction of sp³-hybridized carbons (Fsp3) is 0.619. The van der Waals surface area contributed by atoms with Crippen LogP contribution in [0, 0.1) is 0 Å². The van der Waals surface area contributed by atoms with E-state index in [4.69, 9.17) is 0 Å². The third kappa shape index (κ3) is 11.0. The summed E-state index contributed by atoms with van der Waals surface area (Å²) >= 11 is 0. The van der Waals surface area contributed by atoms with Gasteiger partial charge in [-0.3, -0.25) is 9.59 Å². The van der Waals surface area contributed by atoms with E-state index in [1.54, 1.807) is 0 Å². The van der Waals surface area contributed by atoms with Gasteiger partial charge in [0.05, 0.1) is 7.11 Å². The standard InChI is InChI=1S/C21H32O3/c1-24-21(23)16-12-7-5-3-2-4-6-11-15-20(22)18-17-19-13-9-8-10-14-19/h8-10,13-14H,2-7,11-12,15-18H2,1H3. The van der Waals surface area contributed by atoms with E-state index >= 15 is 0 Å². The highest BCUT2D eigenvalue weighted by Crippen LogP contribution is 2.12. The fourth-order valence-electron chi connectivity index (χ4n) is 2.81. The molecule has 0 unspecified atom stereocenters. The summed E-state index contributed by atoms with van der Waals surface area (Å²) in [5.74, 6) is 0.286. The minimum absolute atomic E-state index is 0.105. The Morgan fingerprint density at radius 3 is 1.88 bits per heavy atom. The fourth-order valence-corrected chi connectivity index (χ4v) is 2.81. The second kappa shape index (κ2) is 13.8. The van der Waals surface area contributed by atoms with E-state index in [0.717, 1.165) is 38.5 Å². The van der Waals surface area contributed by atoms with Gasteiger partial charge in [-0.25, -0.2) is 0 Å². The van der Waals surface area contributed by atoms with Crippen LogP contribution in [0.4, 0.5) is 0 Å². The van der Waals surface area contributed by atoms with Crippen LogP contribution in [0.15, 0.2) is 30.3 Å². The highest BCUT2D eigenvalue weighted by molar-refractivity contribution is 5.78. The van der Waals surface area contributed by atoms with Crippen molar-refractivity contribution in [3.05, 3.63) is 35.9 Å². The molecule has 24 heavy (non-hydrogen) atoms. The van der Waals surface area contributed by atoms with Crippen molar-refractivity contribution in [1.29, 1.82) is 0 Å². The van der Waals surface area contributed by atoms with E-state index in [1.165, 1.54) is 38.4 Å². The summed E-state index contributed by atoms with van der Waals surface area (Å²) in [6.07, 6.45) is 11.9. The van der Waals surface area contributed by atoms with Crippen molar-refractivity contribution in [3.63, 3.8) is 0 Å². The Morgan fingerprint density at radius 1 is 0.750 bits per heavy atom. The number of unbranched alkanes of at least 4 members (excludes halogenated alkanes) is 7. The lowest BCUT2D eigenvalue weighted by Gasteiger charge is -2.03. The Morgan fingerprint density at radius 2 is 1.29 bits per heavy atom. The first-order valence-corrected chi connectivity index (χ1v) is 9.35. The number of methoxy groups -OCH3 is 1. The third-order valence-electron chi connectivity index (χ3n) is 4.35. The summed E-state index contributed by atoms with van der Waals surface area (Å²) in [6, 6.07) is 10.2. The largest absolute Gasteiger partial charge is 0.469 e. The van der Waals surface area contributed by atoms with Crippen molar-refractivity contribution in [2.24, 2.45) is 0 Å². The molecule has 1 aromatic carbocycles. The number of ether oxygens (including phenoxy) is 1. The molecular weight excluding hydrogens is 300 g/mol. The average molecular weight is 332 g/mol. The maximum atomic E-state index is 11.9. The van der Waals surface area contributed by atoms with Gasteiger partial charge in [-0.1, -0.05) is 68.9 Å². The maximum Gasteiger partial charge on any atom is 0.305 e. The highest BCUT2D eigenvalue weighted by atomic mass is 16.5. The summed E-state index contributed by atoms with van der Waals surface area (Å²) in [7, 11) is 1.44. The zero-order valence-electron chi connectivity index (χ0n) is 15.1. The average Bonchev–Trinajstić information content (AvgIpc) is 2.62. The molecule has 3 heteroatoms. The molecule has 0 aliphatic heterocycles. The van der Waals surface area contributed by atoms with Crippen molar-refractivity contribution in [2.45, 2.75) is 77.0 Å². The van der Waals surface area contributed by atoms with Gasteiger partial charge in [-0.2, -0.15) is 0 Å². The van der Waals surface area contributed by atoms with E-state index in [0.29, 0.717) is 18.6 Å². The van der Waals surface area contributed by atoms with Crippen molar-refractivity contribution < 1.29 is 14.3 Å². The van der Waals surface area contributed by atoms with Crippen LogP contribution in [0.2, 0.25) is 0 Å². The molecule has 134 valence electrons. The lowest BCUT2D eigenvalue weighted by atomic mass is 10.0. The molecule has 0 atom stereocenters. The molecular formula is C21H32O3. The summed E-state index contributed by atoms with van der Waals surface area (Å²) in [6.45, 7) is 0. The molecule has 1 rings (SSSR count). The molecule has 0 saturated heterocycles. The van der Waals surface area contributed by atoms with Crippen LogP contribution < -0.4 is 0 Å². The van der Waals surface area contributed by atoms with Crippen LogP contribution in [-0.4, -0.2) is 18.9 Å². The summed E-state index contributed by atoms with van der Waals surface area (Å²) < 4.78 is 4.62. The molecule has 0 radical (unpaired) electrons. The quantitative estimate of drug-likeness (QED) is 0.345. The lowest BCUT2D eigenvalue weighted by Crippen LogP contribution is -2.00. The van der Waals surface area contributed by atoms with Gasteiger partial charge in [0.25, 0.3) is 0 Å². The number of carbonyl (C=O) groups excluding carboxylic acids is 2. The molecule has 0 bridgehead atoms. The molecule has 0 N–H and O–H groups in total. The van der Waals surface area contributed by atoms with Crippen LogP contribution >= 0.6 is 0 Å². The topological polar surface area (TPSA) is 43.4 Å². The predicted molar refractivity (Wildman–Crippen MR) is 98.0 cm³/mol. The van der Waals surface area contributed by atoms with Gasteiger partial charge in [0.1, 0.15) is 5.78 Å². The zero-order valence-corrected chi connectivity index (χ0v) is 15.1. The number of benzene rings is 1. The van der Waals surface area contributed by atoms with Crippen molar-refractivity contribution in [2.75, 3.05) is 7.11 Å². The number of hydrogen-bond acceptors (Lipinski definition) is 3. The molecule has 1 aromatic rings. The van der Waals surface area contributed by atoms with E-state index in [-0.39, 0.29) is 5.97 Å². The Balaban J connectivity index is 1.86. The molecule has 0 saturated carbocycles. The summed E-state index contributed by atoms with van der Waals surface area (Å²) in [4.78, 5) is 22.8. The number of carbonyl (C=O) groups is 2. The van der Waals surface area contributed by atoms with E-state index in [1.807, 2.05) is 18.2 Å². The normalized spacial score (nSPS) is 10.5. The van der Waals surface area contributed by atoms with Gasteiger partial charge in [-0.05, 0) is 24.8 Å². The van der Waals surface area contributed by atoms with Gasteiger partial charge in [0.15, 0.2) is 0 Å². The Kier molecular flexibility index (Phi) is 11.7. The van der Waals surface area contributed by atoms with E-state index < -0.39 is 0 Å². The molecule has 0 fully saturated rings. The van der Waals surface area contributed by atoms with Crippen LogP contribution in [0.5, 0.6) is 0 Å². The molecule has 0 spiro atoms. The summed E-state index contributed by atoms with van der Waals surface area (Å²) in [5, 5.41) is 0. The lowest BCUT2D eigenvalue weighted by molar-refractivity contribution is -0.140. The smallest absolute Gasteiger partial charge is 0.305 e. The molecule has 0 aliphatic carbocycles. The van der Waals surface area contributed by atoms with Gasteiger partial charge >= 0.3 is 5.97 Å². The number of ketones is 1. The van der Waals surface area contributed by atoms with E-state index in [2.05, 4.69) is 16.9 Å². The van der Waals surface area contributed by atoms with Crippen molar-refractivity contribution in [3.8, 4) is 0 Å². The first kappa shape index (κ1) is 20.4. The first-order valence-electron chi connectivity index (χ1n) is 9.35. The molecule has 0 aromatic heterocycles. The SMILES string of the molecule is COC(=O)CCCCCCCCCCC(=O)CCc1ccccc1. The second-order valence-electron chi connectivity index (χ2n) is 6.43.